The number of allylic oxidation sites excluding steroid dienone is 1. The standard InChI is InChI=1S/C24H34N2O5/c1-6-7-13-19(25-23(29)31-24(3,4)5)21(27)26-17(2)14-15-20(26)22(28)30-16-18-11-9-8-10-12-18/h6-12,17,19-20H,13-16H2,1-5H3,(H,25,29)/b7-6-/t17-,19?,20-/m0/s1. The summed E-state index contributed by atoms with van der Waals surface area (Å²) < 4.78 is 10.8. The Morgan fingerprint density at radius 3 is 2.48 bits per heavy atom. The molecule has 1 heterocycles. The molecule has 1 unspecified atom stereocenters. The number of amides is 2. The third kappa shape index (κ3) is 7.42. The van der Waals surface area contributed by atoms with Gasteiger partial charge in [0, 0.05) is 6.04 Å². The van der Waals surface area contributed by atoms with E-state index in [1.165, 1.54) is 0 Å². The Labute approximate surface area is 184 Å². The maximum atomic E-state index is 13.4. The lowest BCUT2D eigenvalue weighted by Gasteiger charge is -2.31. The summed E-state index contributed by atoms with van der Waals surface area (Å²) in [5.74, 6) is -0.737. The van der Waals surface area contributed by atoms with Crippen LogP contribution in [0.4, 0.5) is 4.79 Å². The highest BCUT2D eigenvalue weighted by molar-refractivity contribution is 5.90. The lowest BCUT2D eigenvalue weighted by molar-refractivity contribution is -0.156. The third-order valence-electron chi connectivity index (χ3n) is 5.02. The van der Waals surface area contributed by atoms with Crippen molar-refractivity contribution in [3.63, 3.8) is 0 Å². The molecule has 31 heavy (non-hydrogen) atoms. The van der Waals surface area contributed by atoms with Crippen molar-refractivity contribution in [2.24, 2.45) is 0 Å². The molecule has 1 aromatic carbocycles. The summed E-state index contributed by atoms with van der Waals surface area (Å²) in [4.78, 5) is 40.0. The molecular formula is C24H34N2O5. The molecule has 7 heteroatoms. The second kappa shape index (κ2) is 11.0. The number of alkyl carbamates (subject to hydrolysis) is 1. The summed E-state index contributed by atoms with van der Waals surface area (Å²) in [6.45, 7) is 9.19. The van der Waals surface area contributed by atoms with Crippen molar-refractivity contribution >= 4 is 18.0 Å². The fourth-order valence-corrected chi connectivity index (χ4v) is 3.53. The fourth-order valence-electron chi connectivity index (χ4n) is 3.53. The van der Waals surface area contributed by atoms with Gasteiger partial charge >= 0.3 is 12.1 Å². The molecule has 170 valence electrons. The van der Waals surface area contributed by atoms with Crippen molar-refractivity contribution in [2.45, 2.75) is 84.2 Å². The Hall–Kier alpha value is -2.83. The van der Waals surface area contributed by atoms with Gasteiger partial charge in [0.25, 0.3) is 0 Å². The van der Waals surface area contributed by atoms with Crippen molar-refractivity contribution in [3.8, 4) is 0 Å². The topological polar surface area (TPSA) is 84.9 Å². The average molecular weight is 431 g/mol. The number of benzene rings is 1. The maximum Gasteiger partial charge on any atom is 0.408 e. The first-order valence-corrected chi connectivity index (χ1v) is 10.8. The molecule has 7 nitrogen and oxygen atoms in total. The predicted octanol–water partition coefficient (Wildman–Crippen LogP) is 3.97. The van der Waals surface area contributed by atoms with Gasteiger partial charge in [-0.25, -0.2) is 9.59 Å². The molecule has 2 amide bonds. The molecule has 1 aliphatic heterocycles. The summed E-state index contributed by atoms with van der Waals surface area (Å²) >= 11 is 0. The minimum atomic E-state index is -0.823. The SMILES string of the molecule is C/C=C\CC(NC(=O)OC(C)(C)C)C(=O)N1[C@@H](C)CC[C@H]1C(=O)OCc1ccccc1. The van der Waals surface area contributed by atoms with Crippen molar-refractivity contribution in [1.82, 2.24) is 10.2 Å². The van der Waals surface area contributed by atoms with Crippen LogP contribution in [-0.4, -0.2) is 46.6 Å². The normalized spacial score (nSPS) is 19.8. The Kier molecular flexibility index (Phi) is 8.65. The first-order valence-electron chi connectivity index (χ1n) is 10.8. The van der Waals surface area contributed by atoms with E-state index in [0.29, 0.717) is 19.3 Å². The number of hydrogen-bond donors (Lipinski definition) is 1. The van der Waals surface area contributed by atoms with Gasteiger partial charge in [-0.15, -0.1) is 0 Å². The number of likely N-dealkylation sites (tertiary alicyclic amines) is 1. The highest BCUT2D eigenvalue weighted by atomic mass is 16.6. The van der Waals surface area contributed by atoms with E-state index in [-0.39, 0.29) is 18.6 Å². The molecule has 1 N–H and O–H groups in total. The Balaban J connectivity index is 2.10. The van der Waals surface area contributed by atoms with Gasteiger partial charge in [-0.2, -0.15) is 0 Å². The van der Waals surface area contributed by atoms with E-state index >= 15 is 0 Å². The molecule has 0 aliphatic carbocycles. The Morgan fingerprint density at radius 1 is 1.19 bits per heavy atom. The number of carbonyl (C=O) groups is 3. The van der Waals surface area contributed by atoms with Crippen LogP contribution in [0, 0.1) is 0 Å². The van der Waals surface area contributed by atoms with Crippen LogP contribution < -0.4 is 5.32 Å². The van der Waals surface area contributed by atoms with Gasteiger partial charge in [0.15, 0.2) is 0 Å². The van der Waals surface area contributed by atoms with Crippen LogP contribution in [-0.2, 0) is 25.7 Å². The summed E-state index contributed by atoms with van der Waals surface area (Å²) in [7, 11) is 0. The minimum absolute atomic E-state index is 0.129. The Bertz CT molecular complexity index is 785. The maximum absolute atomic E-state index is 13.4. The summed E-state index contributed by atoms with van der Waals surface area (Å²) in [5.41, 5.74) is 0.209. The fraction of sp³-hybridized carbons (Fsp3) is 0.542. The molecule has 0 aromatic heterocycles. The van der Waals surface area contributed by atoms with Gasteiger partial charge in [0.05, 0.1) is 0 Å². The van der Waals surface area contributed by atoms with E-state index in [2.05, 4.69) is 5.32 Å². The quantitative estimate of drug-likeness (QED) is 0.523. The van der Waals surface area contributed by atoms with Gasteiger partial charge in [-0.1, -0.05) is 42.5 Å². The molecule has 1 fully saturated rings. The molecule has 3 atom stereocenters. The molecule has 1 aromatic rings. The van der Waals surface area contributed by atoms with Crippen LogP contribution in [0.5, 0.6) is 0 Å². The lowest BCUT2D eigenvalue weighted by Crippen LogP contribution is -2.54. The first-order chi connectivity index (χ1) is 14.6. The van der Waals surface area contributed by atoms with Crippen molar-refractivity contribution in [3.05, 3.63) is 48.0 Å². The number of nitrogens with zero attached hydrogens (tertiary/aromatic N) is 1. The minimum Gasteiger partial charge on any atom is -0.459 e. The zero-order valence-corrected chi connectivity index (χ0v) is 19.1. The van der Waals surface area contributed by atoms with E-state index in [4.69, 9.17) is 9.47 Å². The molecule has 2 rings (SSSR count). The largest absolute Gasteiger partial charge is 0.459 e. The zero-order chi connectivity index (χ0) is 23.0. The number of hydrogen-bond acceptors (Lipinski definition) is 5. The van der Waals surface area contributed by atoms with Crippen molar-refractivity contribution in [1.29, 1.82) is 0 Å². The highest BCUT2D eigenvalue weighted by Gasteiger charge is 2.42. The number of nitrogens with one attached hydrogen (secondary N) is 1. The number of rotatable bonds is 7. The van der Waals surface area contributed by atoms with Gasteiger partial charge in [0.2, 0.25) is 5.91 Å². The van der Waals surface area contributed by atoms with Crippen molar-refractivity contribution in [2.75, 3.05) is 0 Å². The monoisotopic (exact) mass is 430 g/mol. The van der Waals surface area contributed by atoms with Gasteiger partial charge in [0.1, 0.15) is 24.3 Å². The van der Waals surface area contributed by atoms with E-state index in [0.717, 1.165) is 5.56 Å². The number of carbonyl (C=O) groups excluding carboxylic acids is 3. The van der Waals surface area contributed by atoms with Crippen LogP contribution >= 0.6 is 0 Å². The summed E-state index contributed by atoms with van der Waals surface area (Å²) in [6, 6.07) is 7.80. The van der Waals surface area contributed by atoms with Gasteiger partial charge < -0.3 is 19.7 Å². The van der Waals surface area contributed by atoms with Crippen LogP contribution in [0.1, 0.15) is 59.4 Å². The zero-order valence-electron chi connectivity index (χ0n) is 19.1. The lowest BCUT2D eigenvalue weighted by atomic mass is 10.1. The molecule has 0 bridgehead atoms. The third-order valence-corrected chi connectivity index (χ3v) is 5.02. The molecule has 1 aliphatic rings. The van der Waals surface area contributed by atoms with Crippen molar-refractivity contribution < 1.29 is 23.9 Å². The van der Waals surface area contributed by atoms with Crippen LogP contribution in [0.25, 0.3) is 0 Å². The number of ether oxygens (including phenoxy) is 2. The molecule has 0 saturated carbocycles. The second-order valence-electron chi connectivity index (χ2n) is 8.78. The molecule has 1 saturated heterocycles. The van der Waals surface area contributed by atoms with E-state index < -0.39 is 29.7 Å². The summed E-state index contributed by atoms with van der Waals surface area (Å²) in [5, 5.41) is 2.67. The molecular weight excluding hydrogens is 396 g/mol. The predicted molar refractivity (Wildman–Crippen MR) is 118 cm³/mol. The van der Waals surface area contributed by atoms with E-state index in [1.54, 1.807) is 25.7 Å². The highest BCUT2D eigenvalue weighted by Crippen LogP contribution is 2.27. The van der Waals surface area contributed by atoms with Gasteiger partial charge in [-0.3, -0.25) is 4.79 Å². The van der Waals surface area contributed by atoms with E-state index in [9.17, 15) is 14.4 Å². The molecule has 0 radical (unpaired) electrons. The van der Waals surface area contributed by atoms with Gasteiger partial charge in [-0.05, 0) is 59.4 Å². The second-order valence-corrected chi connectivity index (χ2v) is 8.78. The van der Waals surface area contributed by atoms with Crippen LogP contribution in [0.15, 0.2) is 42.5 Å². The summed E-state index contributed by atoms with van der Waals surface area (Å²) in [6.07, 6.45) is 4.50. The first kappa shape index (κ1) is 24.4. The van der Waals surface area contributed by atoms with Crippen LogP contribution in [0.2, 0.25) is 0 Å². The van der Waals surface area contributed by atoms with Crippen LogP contribution in [0.3, 0.4) is 0 Å². The van der Waals surface area contributed by atoms with E-state index in [1.807, 2.05) is 56.3 Å². The number of esters is 1. The Morgan fingerprint density at radius 2 is 1.87 bits per heavy atom. The smallest absolute Gasteiger partial charge is 0.408 e. The average Bonchev–Trinajstić information content (AvgIpc) is 3.09. The molecule has 0 spiro atoms.